The number of pyridine rings is 1. The summed E-state index contributed by atoms with van der Waals surface area (Å²) in [5.41, 5.74) is 1.84. The number of hydrogen-bond donors (Lipinski definition) is 1. The number of aromatic nitrogens is 1. The van der Waals surface area contributed by atoms with E-state index in [0.717, 1.165) is 18.8 Å². The molecule has 0 bridgehead atoms. The van der Waals surface area contributed by atoms with Gasteiger partial charge in [-0.3, -0.25) is 19.0 Å². The molecule has 1 aromatic carbocycles. The van der Waals surface area contributed by atoms with Crippen molar-refractivity contribution >= 4 is 22.5 Å². The Hall–Kier alpha value is -1.87. The van der Waals surface area contributed by atoms with Gasteiger partial charge in [-0.1, -0.05) is 12.1 Å². The summed E-state index contributed by atoms with van der Waals surface area (Å²) in [6.07, 6.45) is 3.30. The summed E-state index contributed by atoms with van der Waals surface area (Å²) in [5.74, 6) is -0.199. The highest BCUT2D eigenvalue weighted by molar-refractivity contribution is 7.79. The van der Waals surface area contributed by atoms with E-state index in [1.165, 1.54) is 0 Å². The van der Waals surface area contributed by atoms with E-state index in [0.29, 0.717) is 30.9 Å². The predicted molar refractivity (Wildman–Crippen MR) is 94.6 cm³/mol. The molecule has 1 N–H and O–H groups in total. The normalized spacial score (nSPS) is 17.4. The summed E-state index contributed by atoms with van der Waals surface area (Å²) >= 11 is -2.05. The number of benzene rings is 1. The zero-order valence-corrected chi connectivity index (χ0v) is 14.5. The van der Waals surface area contributed by atoms with Gasteiger partial charge in [0.25, 0.3) is 0 Å². The third-order valence-electron chi connectivity index (χ3n) is 4.18. The molecule has 0 saturated carbocycles. The smallest absolute Gasteiger partial charge is 0.151 e. The van der Waals surface area contributed by atoms with Gasteiger partial charge >= 0.3 is 0 Å². The second kappa shape index (κ2) is 8.48. The lowest BCUT2D eigenvalue weighted by Crippen LogP contribution is -2.46. The van der Waals surface area contributed by atoms with Crippen LogP contribution in [0, 0.1) is 5.82 Å². The summed E-state index contributed by atoms with van der Waals surface area (Å²) in [7, 11) is 0. The largest absolute Gasteiger partial charge is 0.771 e. The van der Waals surface area contributed by atoms with Crippen LogP contribution in [-0.2, 0) is 17.6 Å². The Morgan fingerprint density at radius 3 is 2.48 bits per heavy atom. The molecule has 1 atom stereocenters. The first kappa shape index (κ1) is 17.9. The zero-order valence-electron chi connectivity index (χ0n) is 13.7. The third-order valence-corrected chi connectivity index (χ3v) is 4.76. The maximum atomic E-state index is 14.8. The molecule has 0 spiro atoms. The number of rotatable bonds is 6. The first-order valence-electron chi connectivity index (χ1n) is 8.07. The second-order valence-electron chi connectivity index (χ2n) is 5.97. The lowest BCUT2D eigenvalue weighted by Gasteiger charge is -2.35. The first-order valence-corrected chi connectivity index (χ1v) is 9.31. The number of nitrogens with zero attached hydrogens (tertiary/aromatic N) is 3. The Morgan fingerprint density at radius 1 is 1.12 bits per heavy atom. The number of piperazine rings is 1. The molecule has 0 radical (unpaired) electrons. The van der Waals surface area contributed by atoms with Gasteiger partial charge in [0.2, 0.25) is 0 Å². The van der Waals surface area contributed by atoms with Crippen molar-refractivity contribution in [2.75, 3.05) is 37.4 Å². The van der Waals surface area contributed by atoms with E-state index in [1.54, 1.807) is 36.7 Å². The zero-order chi connectivity index (χ0) is 17.6. The number of hydrogen-bond acceptors (Lipinski definition) is 6. The van der Waals surface area contributed by atoms with E-state index in [-0.39, 0.29) is 11.7 Å². The van der Waals surface area contributed by atoms with E-state index in [1.807, 2.05) is 11.0 Å². The Labute approximate surface area is 149 Å². The monoisotopic (exact) mass is 363 g/mol. The SMILES string of the molecule is O=S([O-])CN1CCN(Cc2cccc(Nc3ccncc3)c2F)CC1. The highest BCUT2D eigenvalue weighted by Gasteiger charge is 2.18. The third kappa shape index (κ3) is 5.05. The number of nitrogens with one attached hydrogen (secondary N) is 1. The van der Waals surface area contributed by atoms with Crippen LogP contribution in [0.2, 0.25) is 0 Å². The topological polar surface area (TPSA) is 71.5 Å². The van der Waals surface area contributed by atoms with Crippen LogP contribution in [0.1, 0.15) is 5.56 Å². The summed E-state index contributed by atoms with van der Waals surface area (Å²) in [4.78, 5) is 7.97. The van der Waals surface area contributed by atoms with E-state index in [9.17, 15) is 13.2 Å². The molecule has 2 heterocycles. The van der Waals surface area contributed by atoms with Crippen molar-refractivity contribution < 1.29 is 13.2 Å². The molecule has 1 fully saturated rings. The summed E-state index contributed by atoms with van der Waals surface area (Å²) < 4.78 is 36.3. The molecule has 0 aliphatic carbocycles. The van der Waals surface area contributed by atoms with E-state index in [2.05, 4.69) is 15.2 Å². The Bertz CT molecular complexity index is 724. The van der Waals surface area contributed by atoms with Gasteiger partial charge in [0.15, 0.2) is 5.82 Å². The minimum absolute atomic E-state index is 0.0630. The summed E-state index contributed by atoms with van der Waals surface area (Å²) in [5, 5.41) is 3.07. The maximum absolute atomic E-state index is 14.8. The standard InChI is InChI=1S/C17H21FN4O2S/c18-17-14(12-21-8-10-22(11-9-21)13-25(23)24)2-1-3-16(17)20-15-4-6-19-7-5-15/h1-7H,8-13H2,(H,19,20)(H,23,24)/p-1. The second-order valence-corrected chi connectivity index (χ2v) is 6.83. The van der Waals surface area contributed by atoms with Gasteiger partial charge in [-0.2, -0.15) is 0 Å². The van der Waals surface area contributed by atoms with Gasteiger partial charge in [0, 0.05) is 56.4 Å². The molecule has 2 aromatic rings. The van der Waals surface area contributed by atoms with Crippen LogP contribution in [0.3, 0.4) is 0 Å². The lowest BCUT2D eigenvalue weighted by molar-refractivity contribution is 0.140. The van der Waals surface area contributed by atoms with E-state index < -0.39 is 11.1 Å². The number of anilines is 2. The summed E-state index contributed by atoms with van der Waals surface area (Å²) in [6.45, 7) is 3.29. The van der Waals surface area contributed by atoms with Crippen molar-refractivity contribution in [2.24, 2.45) is 0 Å². The van der Waals surface area contributed by atoms with Gasteiger partial charge in [-0.25, -0.2) is 4.39 Å². The molecule has 8 heteroatoms. The first-order chi connectivity index (χ1) is 12.1. The molecule has 1 aliphatic rings. The van der Waals surface area contributed by atoms with Crippen molar-refractivity contribution in [2.45, 2.75) is 6.54 Å². The fourth-order valence-electron chi connectivity index (χ4n) is 2.86. The average Bonchev–Trinajstić information content (AvgIpc) is 2.60. The van der Waals surface area contributed by atoms with Crippen LogP contribution in [0.25, 0.3) is 0 Å². The highest BCUT2D eigenvalue weighted by Crippen LogP contribution is 2.23. The molecule has 134 valence electrons. The van der Waals surface area contributed by atoms with Crippen molar-refractivity contribution in [1.82, 2.24) is 14.8 Å². The number of halogens is 1. The van der Waals surface area contributed by atoms with Crippen LogP contribution < -0.4 is 5.32 Å². The Balaban J connectivity index is 1.62. The van der Waals surface area contributed by atoms with E-state index >= 15 is 0 Å². The molecule has 1 aliphatic heterocycles. The van der Waals surface area contributed by atoms with Gasteiger partial charge in [0.05, 0.1) is 11.6 Å². The van der Waals surface area contributed by atoms with E-state index in [4.69, 9.17) is 0 Å². The fraction of sp³-hybridized carbons (Fsp3) is 0.353. The minimum Gasteiger partial charge on any atom is -0.771 e. The molecule has 1 aromatic heterocycles. The highest BCUT2D eigenvalue weighted by atomic mass is 32.2. The van der Waals surface area contributed by atoms with Crippen LogP contribution in [0.5, 0.6) is 0 Å². The molecule has 6 nitrogen and oxygen atoms in total. The quantitative estimate of drug-likeness (QED) is 0.791. The molecule has 3 rings (SSSR count). The molecule has 0 amide bonds. The van der Waals surface area contributed by atoms with Gasteiger partial charge in [-0.15, -0.1) is 0 Å². The molecular weight excluding hydrogens is 343 g/mol. The maximum Gasteiger partial charge on any atom is 0.151 e. The van der Waals surface area contributed by atoms with Gasteiger partial charge in [0.1, 0.15) is 0 Å². The molecule has 1 unspecified atom stereocenters. The van der Waals surface area contributed by atoms with Crippen LogP contribution in [0.4, 0.5) is 15.8 Å². The Kier molecular flexibility index (Phi) is 6.09. The Morgan fingerprint density at radius 2 is 1.80 bits per heavy atom. The van der Waals surface area contributed by atoms with Crippen LogP contribution in [-0.4, -0.2) is 55.6 Å². The molecular formula is C17H20FN4O2S-. The molecule has 25 heavy (non-hydrogen) atoms. The lowest BCUT2D eigenvalue weighted by atomic mass is 10.1. The average molecular weight is 363 g/mol. The van der Waals surface area contributed by atoms with Crippen molar-refractivity contribution in [3.63, 3.8) is 0 Å². The van der Waals surface area contributed by atoms with Crippen molar-refractivity contribution in [1.29, 1.82) is 0 Å². The molecule has 1 saturated heterocycles. The predicted octanol–water partition coefficient (Wildman–Crippen LogP) is 1.92. The van der Waals surface area contributed by atoms with Gasteiger partial charge in [-0.05, 0) is 29.3 Å². The van der Waals surface area contributed by atoms with Crippen LogP contribution in [0.15, 0.2) is 42.7 Å². The van der Waals surface area contributed by atoms with Crippen molar-refractivity contribution in [3.05, 3.63) is 54.1 Å². The summed E-state index contributed by atoms with van der Waals surface area (Å²) in [6, 6.07) is 8.89. The minimum atomic E-state index is -2.05. The van der Waals surface area contributed by atoms with Crippen LogP contribution >= 0.6 is 0 Å². The fourth-order valence-corrected chi connectivity index (χ4v) is 3.41. The van der Waals surface area contributed by atoms with Gasteiger partial charge < -0.3 is 9.87 Å². The van der Waals surface area contributed by atoms with Crippen molar-refractivity contribution in [3.8, 4) is 0 Å².